The Morgan fingerprint density at radius 1 is 1.20 bits per heavy atom. The summed E-state index contributed by atoms with van der Waals surface area (Å²) in [5, 5.41) is 9.93. The summed E-state index contributed by atoms with van der Waals surface area (Å²) in [6.45, 7) is 12.5. The third-order valence-corrected chi connectivity index (χ3v) is 5.81. The lowest BCUT2D eigenvalue weighted by molar-refractivity contribution is -0.0309. The molecule has 0 aromatic rings. The van der Waals surface area contributed by atoms with Crippen molar-refractivity contribution in [2.75, 3.05) is 19.8 Å². The molecule has 25 heavy (non-hydrogen) atoms. The van der Waals surface area contributed by atoms with Crippen molar-refractivity contribution in [2.24, 2.45) is 0 Å². The second kappa shape index (κ2) is 9.43. The summed E-state index contributed by atoms with van der Waals surface area (Å²) >= 11 is 0. The highest BCUT2D eigenvalue weighted by molar-refractivity contribution is 7.48. The topological polar surface area (TPSA) is 87.8 Å². The quantitative estimate of drug-likeness (QED) is 0.375. The molecule has 2 fully saturated rings. The first-order valence-corrected chi connectivity index (χ1v) is 10.2. The number of ether oxygens (including phenoxy) is 2. The van der Waals surface area contributed by atoms with Crippen LogP contribution < -0.4 is 0 Å². The zero-order chi connectivity index (χ0) is 18.4. The predicted octanol–water partition coefficient (Wildman–Crippen LogP) is 2.56. The van der Waals surface area contributed by atoms with Crippen LogP contribution in [0.2, 0.25) is 0 Å². The predicted molar refractivity (Wildman–Crippen MR) is 90.1 cm³/mol. The third kappa shape index (κ3) is 6.00. The SMILES string of the molecule is [C-]#[N+]CCOP(=O)(OCC1OC(C)CC1O)OC1CC(C)OC1CC. The summed E-state index contributed by atoms with van der Waals surface area (Å²) in [6.07, 6.45) is -0.0767. The highest BCUT2D eigenvalue weighted by Crippen LogP contribution is 2.53. The van der Waals surface area contributed by atoms with E-state index < -0.39 is 26.1 Å². The largest absolute Gasteiger partial charge is 0.475 e. The maximum atomic E-state index is 13.0. The summed E-state index contributed by atoms with van der Waals surface area (Å²) in [4.78, 5) is 3.18. The molecular formula is C16H28NO7P. The fraction of sp³-hybridized carbons (Fsp3) is 0.938. The second-order valence-electron chi connectivity index (χ2n) is 6.52. The van der Waals surface area contributed by atoms with Crippen LogP contribution in [0.15, 0.2) is 0 Å². The van der Waals surface area contributed by atoms with E-state index in [4.69, 9.17) is 29.6 Å². The molecule has 0 radical (unpaired) electrons. The van der Waals surface area contributed by atoms with Crippen LogP contribution >= 0.6 is 7.82 Å². The van der Waals surface area contributed by atoms with Gasteiger partial charge in [-0.2, -0.15) is 0 Å². The maximum absolute atomic E-state index is 13.0. The van der Waals surface area contributed by atoms with Crippen molar-refractivity contribution in [3.63, 3.8) is 0 Å². The maximum Gasteiger partial charge on any atom is 0.475 e. The first kappa shape index (κ1) is 20.8. The Bertz CT molecular complexity index is 511. The zero-order valence-corrected chi connectivity index (χ0v) is 15.9. The molecule has 0 saturated carbocycles. The van der Waals surface area contributed by atoms with Crippen LogP contribution in [0.4, 0.5) is 0 Å². The van der Waals surface area contributed by atoms with E-state index in [-0.39, 0.29) is 38.1 Å². The van der Waals surface area contributed by atoms with Gasteiger partial charge in [0, 0.05) is 12.8 Å². The lowest BCUT2D eigenvalue weighted by Gasteiger charge is -2.24. The molecule has 2 aliphatic heterocycles. The van der Waals surface area contributed by atoms with E-state index in [1.807, 2.05) is 20.8 Å². The molecule has 9 heteroatoms. The van der Waals surface area contributed by atoms with Gasteiger partial charge in [0.15, 0.2) is 0 Å². The molecule has 1 N–H and O–H groups in total. The monoisotopic (exact) mass is 377 g/mol. The van der Waals surface area contributed by atoms with E-state index in [2.05, 4.69) is 4.85 Å². The standard InChI is InChI=1S/C16H28NO7P/c1-5-14-15(9-12(3)22-14)24-25(19,20-7-6-17-4)21-10-16-13(18)8-11(2)23-16/h11-16,18H,5-10H2,1-3H3. The molecule has 0 aromatic carbocycles. The minimum absolute atomic E-state index is 0.00693. The molecule has 7 unspecified atom stereocenters. The van der Waals surface area contributed by atoms with E-state index in [1.54, 1.807) is 0 Å². The molecule has 0 aliphatic carbocycles. The number of hydrogen-bond donors (Lipinski definition) is 1. The Hall–Kier alpha value is -0.520. The molecule has 2 rings (SSSR count). The zero-order valence-electron chi connectivity index (χ0n) is 15.0. The number of rotatable bonds is 9. The lowest BCUT2D eigenvalue weighted by Crippen LogP contribution is -2.28. The van der Waals surface area contributed by atoms with Crippen LogP contribution in [0, 0.1) is 6.57 Å². The Labute approximate surface area is 149 Å². The molecule has 2 heterocycles. The summed E-state index contributed by atoms with van der Waals surface area (Å²) in [5.41, 5.74) is 0. The second-order valence-corrected chi connectivity index (χ2v) is 8.14. The molecule has 8 nitrogen and oxygen atoms in total. The molecular weight excluding hydrogens is 349 g/mol. The van der Waals surface area contributed by atoms with Crippen molar-refractivity contribution in [3.05, 3.63) is 11.4 Å². The molecule has 0 bridgehead atoms. The van der Waals surface area contributed by atoms with Crippen molar-refractivity contribution in [1.29, 1.82) is 0 Å². The van der Waals surface area contributed by atoms with Gasteiger partial charge in [-0.1, -0.05) is 6.92 Å². The van der Waals surface area contributed by atoms with E-state index in [9.17, 15) is 9.67 Å². The Balaban J connectivity index is 1.97. The van der Waals surface area contributed by atoms with Crippen LogP contribution in [-0.2, 0) is 27.6 Å². The number of nitrogens with zero attached hydrogens (tertiary/aromatic N) is 1. The molecule has 7 atom stereocenters. The number of phosphoric acid groups is 1. The van der Waals surface area contributed by atoms with Crippen molar-refractivity contribution in [3.8, 4) is 0 Å². The fourth-order valence-corrected chi connectivity index (χ4v) is 4.49. The summed E-state index contributed by atoms with van der Waals surface area (Å²) in [6, 6.07) is 0. The highest BCUT2D eigenvalue weighted by atomic mass is 31.2. The van der Waals surface area contributed by atoms with Gasteiger partial charge in [0.1, 0.15) is 12.7 Å². The number of aliphatic hydroxyl groups excluding tert-OH is 1. The fourth-order valence-electron chi connectivity index (χ4n) is 3.10. The van der Waals surface area contributed by atoms with Crippen molar-refractivity contribution >= 4 is 7.82 Å². The summed E-state index contributed by atoms with van der Waals surface area (Å²) in [5.74, 6) is 0. The van der Waals surface area contributed by atoms with Crippen LogP contribution in [-0.4, -0.2) is 61.5 Å². The van der Waals surface area contributed by atoms with Crippen LogP contribution in [0.5, 0.6) is 0 Å². The molecule has 0 spiro atoms. The molecule has 0 aromatic heterocycles. The van der Waals surface area contributed by atoms with Crippen LogP contribution in [0.25, 0.3) is 4.85 Å². The molecule has 0 amide bonds. The van der Waals surface area contributed by atoms with Gasteiger partial charge in [0.25, 0.3) is 0 Å². The number of hydrogen-bond acceptors (Lipinski definition) is 7. The van der Waals surface area contributed by atoms with Gasteiger partial charge in [-0.05, 0) is 20.3 Å². The van der Waals surface area contributed by atoms with Gasteiger partial charge in [-0.3, -0.25) is 13.6 Å². The van der Waals surface area contributed by atoms with Gasteiger partial charge in [-0.25, -0.2) is 11.1 Å². The van der Waals surface area contributed by atoms with Gasteiger partial charge in [-0.15, -0.1) is 0 Å². The van der Waals surface area contributed by atoms with Crippen LogP contribution in [0.1, 0.15) is 40.0 Å². The minimum Gasteiger partial charge on any atom is -0.390 e. The normalized spacial score (nSPS) is 37.7. The smallest absolute Gasteiger partial charge is 0.390 e. The number of phosphoric ester groups is 1. The highest BCUT2D eigenvalue weighted by Gasteiger charge is 2.41. The van der Waals surface area contributed by atoms with E-state index in [0.717, 1.165) is 6.42 Å². The lowest BCUT2D eigenvalue weighted by atomic mass is 10.1. The van der Waals surface area contributed by atoms with Crippen molar-refractivity contribution in [2.45, 2.75) is 76.7 Å². The summed E-state index contributed by atoms with van der Waals surface area (Å²) < 4.78 is 40.7. The van der Waals surface area contributed by atoms with Gasteiger partial charge < -0.3 is 19.4 Å². The van der Waals surface area contributed by atoms with E-state index in [1.165, 1.54) is 0 Å². The average Bonchev–Trinajstić information content (AvgIpc) is 3.06. The van der Waals surface area contributed by atoms with Crippen molar-refractivity contribution in [1.82, 2.24) is 0 Å². The molecule has 2 aliphatic rings. The first-order chi connectivity index (χ1) is 11.9. The van der Waals surface area contributed by atoms with Gasteiger partial charge in [0.2, 0.25) is 6.54 Å². The Kier molecular flexibility index (Phi) is 7.84. The van der Waals surface area contributed by atoms with E-state index in [0.29, 0.717) is 12.8 Å². The number of aliphatic hydroxyl groups is 1. The minimum atomic E-state index is -3.89. The van der Waals surface area contributed by atoms with Gasteiger partial charge in [0.05, 0.1) is 37.1 Å². The van der Waals surface area contributed by atoms with E-state index >= 15 is 0 Å². The molecule has 144 valence electrons. The average molecular weight is 377 g/mol. The third-order valence-electron chi connectivity index (χ3n) is 4.31. The Morgan fingerprint density at radius 2 is 1.88 bits per heavy atom. The summed E-state index contributed by atoms with van der Waals surface area (Å²) in [7, 11) is -3.89. The van der Waals surface area contributed by atoms with Crippen molar-refractivity contribution < 1.29 is 32.7 Å². The van der Waals surface area contributed by atoms with Crippen LogP contribution in [0.3, 0.4) is 0 Å². The molecule has 2 saturated heterocycles. The first-order valence-electron chi connectivity index (χ1n) is 8.76. The van der Waals surface area contributed by atoms with Gasteiger partial charge >= 0.3 is 7.82 Å². The Morgan fingerprint density at radius 3 is 2.48 bits per heavy atom.